The van der Waals surface area contributed by atoms with Crippen LogP contribution in [0.1, 0.15) is 30.2 Å². The number of rotatable bonds is 2. The zero-order chi connectivity index (χ0) is 8.55. The summed E-state index contributed by atoms with van der Waals surface area (Å²) in [5.74, 6) is 0.514. The van der Waals surface area contributed by atoms with Gasteiger partial charge in [-0.1, -0.05) is 6.42 Å². The molecule has 1 saturated carbocycles. The van der Waals surface area contributed by atoms with Crippen LogP contribution in [-0.2, 0) is 0 Å². The van der Waals surface area contributed by atoms with Crippen LogP contribution in [-0.4, -0.2) is 5.11 Å². The van der Waals surface area contributed by atoms with Gasteiger partial charge in [0.1, 0.15) is 0 Å². The zero-order valence-electron chi connectivity index (χ0n) is 6.66. The van der Waals surface area contributed by atoms with Gasteiger partial charge in [0.05, 0.1) is 6.10 Å². The third kappa shape index (κ3) is 1.45. The van der Waals surface area contributed by atoms with Crippen molar-refractivity contribution in [2.75, 3.05) is 0 Å². The Bertz CT molecular complexity index is 267. The van der Waals surface area contributed by atoms with Crippen molar-refractivity contribution in [1.29, 1.82) is 0 Å². The van der Waals surface area contributed by atoms with Crippen molar-refractivity contribution >= 4 is 27.3 Å². The molecule has 3 heteroatoms. The fourth-order valence-corrected chi connectivity index (χ4v) is 3.17. The topological polar surface area (TPSA) is 20.2 Å². The number of halogens is 1. The van der Waals surface area contributed by atoms with E-state index in [1.807, 2.05) is 11.4 Å². The molecule has 0 bridgehead atoms. The summed E-state index contributed by atoms with van der Waals surface area (Å²) < 4.78 is 1.06. The summed E-state index contributed by atoms with van der Waals surface area (Å²) in [6.45, 7) is 0. The Labute approximate surface area is 84.6 Å². The van der Waals surface area contributed by atoms with Crippen LogP contribution < -0.4 is 0 Å². The van der Waals surface area contributed by atoms with E-state index in [1.54, 1.807) is 11.3 Å². The molecular formula is C9H11BrOS. The average molecular weight is 247 g/mol. The highest BCUT2D eigenvalue weighted by atomic mass is 79.9. The Kier molecular flexibility index (Phi) is 2.53. The molecule has 2 rings (SSSR count). The Morgan fingerprint density at radius 2 is 2.33 bits per heavy atom. The predicted octanol–water partition coefficient (Wildman–Crippen LogP) is 3.34. The van der Waals surface area contributed by atoms with Gasteiger partial charge in [0, 0.05) is 9.35 Å². The van der Waals surface area contributed by atoms with Crippen molar-refractivity contribution < 1.29 is 5.11 Å². The SMILES string of the molecule is OC(c1sccc1Br)C1CCC1. The van der Waals surface area contributed by atoms with Crippen LogP contribution in [0.2, 0.25) is 0 Å². The van der Waals surface area contributed by atoms with E-state index in [4.69, 9.17) is 0 Å². The first-order chi connectivity index (χ1) is 5.79. The van der Waals surface area contributed by atoms with E-state index < -0.39 is 0 Å². The maximum Gasteiger partial charge on any atom is 0.0921 e. The third-order valence-electron chi connectivity index (χ3n) is 2.51. The molecular weight excluding hydrogens is 236 g/mol. The van der Waals surface area contributed by atoms with E-state index in [0.717, 1.165) is 9.35 Å². The van der Waals surface area contributed by atoms with E-state index in [1.165, 1.54) is 19.3 Å². The molecule has 0 saturated heterocycles. The van der Waals surface area contributed by atoms with Crippen molar-refractivity contribution in [2.45, 2.75) is 25.4 Å². The Morgan fingerprint density at radius 3 is 2.75 bits per heavy atom. The second kappa shape index (κ2) is 3.48. The molecule has 1 unspecified atom stereocenters. The maximum atomic E-state index is 9.89. The molecule has 66 valence electrons. The predicted molar refractivity (Wildman–Crippen MR) is 54.3 cm³/mol. The standard InChI is InChI=1S/C9H11BrOS/c10-7-4-5-12-9(7)8(11)6-2-1-3-6/h4-6,8,11H,1-3H2. The zero-order valence-corrected chi connectivity index (χ0v) is 9.07. The molecule has 0 spiro atoms. The van der Waals surface area contributed by atoms with Gasteiger partial charge in [0.15, 0.2) is 0 Å². The second-order valence-electron chi connectivity index (χ2n) is 3.27. The van der Waals surface area contributed by atoms with Crippen molar-refractivity contribution in [1.82, 2.24) is 0 Å². The summed E-state index contributed by atoms with van der Waals surface area (Å²) in [5.41, 5.74) is 0. The van der Waals surface area contributed by atoms with Crippen LogP contribution in [0.5, 0.6) is 0 Å². The normalized spacial score (nSPS) is 20.5. The van der Waals surface area contributed by atoms with Gasteiger partial charge in [0.25, 0.3) is 0 Å². The fourth-order valence-electron chi connectivity index (χ4n) is 1.49. The van der Waals surface area contributed by atoms with E-state index >= 15 is 0 Å². The Balaban J connectivity index is 2.13. The number of hydrogen-bond donors (Lipinski definition) is 1. The lowest BCUT2D eigenvalue weighted by molar-refractivity contribution is 0.0645. The summed E-state index contributed by atoms with van der Waals surface area (Å²) in [6.07, 6.45) is 3.43. The van der Waals surface area contributed by atoms with Crippen LogP contribution >= 0.6 is 27.3 Å². The molecule has 1 aliphatic carbocycles. The third-order valence-corrected chi connectivity index (χ3v) is 4.45. The molecule has 0 aliphatic heterocycles. The minimum Gasteiger partial charge on any atom is -0.387 e. The Morgan fingerprint density at radius 1 is 1.58 bits per heavy atom. The van der Waals surface area contributed by atoms with Crippen molar-refractivity contribution in [3.8, 4) is 0 Å². The van der Waals surface area contributed by atoms with Crippen molar-refractivity contribution in [3.63, 3.8) is 0 Å². The average Bonchev–Trinajstić information content (AvgIpc) is 2.31. The molecule has 1 atom stereocenters. The van der Waals surface area contributed by atoms with Gasteiger partial charge in [0.2, 0.25) is 0 Å². The minimum absolute atomic E-state index is 0.229. The molecule has 1 aromatic rings. The van der Waals surface area contributed by atoms with Crippen LogP contribution in [0.4, 0.5) is 0 Å². The first-order valence-corrected chi connectivity index (χ1v) is 5.87. The molecule has 1 heterocycles. The van der Waals surface area contributed by atoms with Gasteiger partial charge in [-0.15, -0.1) is 11.3 Å². The van der Waals surface area contributed by atoms with E-state index in [-0.39, 0.29) is 6.10 Å². The lowest BCUT2D eigenvalue weighted by Crippen LogP contribution is -2.19. The number of aliphatic hydroxyl groups is 1. The first-order valence-electron chi connectivity index (χ1n) is 4.20. The van der Waals surface area contributed by atoms with Gasteiger partial charge in [-0.3, -0.25) is 0 Å². The molecule has 1 aromatic heterocycles. The minimum atomic E-state index is -0.229. The molecule has 1 N–H and O–H groups in total. The molecule has 0 radical (unpaired) electrons. The summed E-state index contributed by atoms with van der Waals surface area (Å²) in [6, 6.07) is 2.00. The van der Waals surface area contributed by atoms with Gasteiger partial charge >= 0.3 is 0 Å². The molecule has 1 fully saturated rings. The molecule has 1 nitrogen and oxygen atoms in total. The highest BCUT2D eigenvalue weighted by Gasteiger charge is 2.28. The maximum absolute atomic E-state index is 9.89. The molecule has 0 amide bonds. The summed E-state index contributed by atoms with van der Waals surface area (Å²) in [7, 11) is 0. The lowest BCUT2D eigenvalue weighted by atomic mass is 9.81. The number of hydrogen-bond acceptors (Lipinski definition) is 2. The van der Waals surface area contributed by atoms with Crippen LogP contribution in [0.3, 0.4) is 0 Å². The lowest BCUT2D eigenvalue weighted by Gasteiger charge is -2.29. The highest BCUT2D eigenvalue weighted by Crippen LogP contribution is 2.41. The Hall–Kier alpha value is 0.140. The first kappa shape index (κ1) is 8.73. The van der Waals surface area contributed by atoms with Crippen LogP contribution in [0.25, 0.3) is 0 Å². The van der Waals surface area contributed by atoms with Crippen molar-refractivity contribution in [3.05, 3.63) is 20.8 Å². The van der Waals surface area contributed by atoms with Gasteiger partial charge in [-0.05, 0) is 46.1 Å². The van der Waals surface area contributed by atoms with E-state index in [0.29, 0.717) is 5.92 Å². The molecule has 0 aromatic carbocycles. The highest BCUT2D eigenvalue weighted by molar-refractivity contribution is 9.10. The second-order valence-corrected chi connectivity index (χ2v) is 5.07. The van der Waals surface area contributed by atoms with Crippen LogP contribution in [0, 0.1) is 5.92 Å². The van der Waals surface area contributed by atoms with Gasteiger partial charge in [-0.2, -0.15) is 0 Å². The fraction of sp³-hybridized carbons (Fsp3) is 0.556. The summed E-state index contributed by atoms with van der Waals surface area (Å²) >= 11 is 5.08. The molecule has 12 heavy (non-hydrogen) atoms. The summed E-state index contributed by atoms with van der Waals surface area (Å²) in [4.78, 5) is 1.10. The quantitative estimate of drug-likeness (QED) is 0.849. The largest absolute Gasteiger partial charge is 0.387 e. The van der Waals surface area contributed by atoms with Crippen LogP contribution in [0.15, 0.2) is 15.9 Å². The smallest absolute Gasteiger partial charge is 0.0921 e. The number of aliphatic hydroxyl groups excluding tert-OH is 1. The monoisotopic (exact) mass is 246 g/mol. The van der Waals surface area contributed by atoms with E-state index in [2.05, 4.69) is 15.9 Å². The van der Waals surface area contributed by atoms with E-state index in [9.17, 15) is 5.11 Å². The number of thiophene rings is 1. The van der Waals surface area contributed by atoms with Gasteiger partial charge < -0.3 is 5.11 Å². The molecule has 1 aliphatic rings. The van der Waals surface area contributed by atoms with Gasteiger partial charge in [-0.25, -0.2) is 0 Å². The summed E-state index contributed by atoms with van der Waals surface area (Å²) in [5, 5.41) is 11.9. The van der Waals surface area contributed by atoms with Crippen molar-refractivity contribution in [2.24, 2.45) is 5.92 Å².